The van der Waals surface area contributed by atoms with Crippen LogP contribution in [0.2, 0.25) is 5.02 Å². The summed E-state index contributed by atoms with van der Waals surface area (Å²) in [7, 11) is 1.66. The van der Waals surface area contributed by atoms with Gasteiger partial charge in [0.1, 0.15) is 5.75 Å². The predicted octanol–water partition coefficient (Wildman–Crippen LogP) is 2.50. The molecule has 2 aromatic heterocycles. The van der Waals surface area contributed by atoms with Crippen molar-refractivity contribution in [1.29, 1.82) is 0 Å². The molecule has 112 valence electrons. The Bertz CT molecular complexity index is 633. The van der Waals surface area contributed by atoms with Gasteiger partial charge in [-0.15, -0.1) is 0 Å². The van der Waals surface area contributed by atoms with Crippen LogP contribution in [-0.4, -0.2) is 17.1 Å². The van der Waals surface area contributed by atoms with Gasteiger partial charge in [-0.05, 0) is 26.0 Å². The zero-order chi connectivity index (χ0) is 15.4. The smallest absolute Gasteiger partial charge is 0.128 e. The van der Waals surface area contributed by atoms with Gasteiger partial charge in [0.2, 0.25) is 0 Å². The van der Waals surface area contributed by atoms with Gasteiger partial charge in [-0.1, -0.05) is 11.6 Å². The monoisotopic (exact) mass is 306 g/mol. The first-order valence-electron chi connectivity index (χ1n) is 6.64. The van der Waals surface area contributed by atoms with E-state index in [-0.39, 0.29) is 6.04 Å². The van der Waals surface area contributed by atoms with Crippen LogP contribution in [-0.2, 0) is 6.42 Å². The van der Waals surface area contributed by atoms with Crippen LogP contribution in [0.5, 0.6) is 5.75 Å². The van der Waals surface area contributed by atoms with E-state index in [0.717, 1.165) is 22.6 Å². The molecule has 1 unspecified atom stereocenters. The minimum Gasteiger partial charge on any atom is -0.496 e. The summed E-state index contributed by atoms with van der Waals surface area (Å²) in [6.07, 6.45) is 4.08. The fourth-order valence-corrected chi connectivity index (χ4v) is 2.61. The van der Waals surface area contributed by atoms with Gasteiger partial charge in [0.25, 0.3) is 0 Å². The molecule has 0 spiro atoms. The Morgan fingerprint density at radius 3 is 2.76 bits per heavy atom. The summed E-state index contributed by atoms with van der Waals surface area (Å²) in [6, 6.07) is 3.37. The zero-order valence-corrected chi connectivity index (χ0v) is 13.1. The Morgan fingerprint density at radius 2 is 2.14 bits per heavy atom. The second-order valence-corrected chi connectivity index (χ2v) is 5.25. The van der Waals surface area contributed by atoms with Crippen molar-refractivity contribution in [3.05, 3.63) is 52.1 Å². The number of nitrogens with one attached hydrogen (secondary N) is 1. The van der Waals surface area contributed by atoms with E-state index >= 15 is 0 Å². The summed E-state index contributed by atoms with van der Waals surface area (Å²) in [4.78, 5) is 8.78. The zero-order valence-electron chi connectivity index (χ0n) is 12.4. The van der Waals surface area contributed by atoms with Crippen molar-refractivity contribution in [3.8, 4) is 5.75 Å². The van der Waals surface area contributed by atoms with Gasteiger partial charge in [-0.3, -0.25) is 21.2 Å². The number of nitrogens with zero attached hydrogens (tertiary/aromatic N) is 2. The van der Waals surface area contributed by atoms with Crippen LogP contribution >= 0.6 is 11.6 Å². The SMILES string of the molecule is COc1c(C)cnc(CC(NN)c2ncccc2Cl)c1C. The van der Waals surface area contributed by atoms with Crippen LogP contribution in [0, 0.1) is 13.8 Å². The molecule has 3 N–H and O–H groups in total. The number of methoxy groups -OCH3 is 1. The third-order valence-electron chi connectivity index (χ3n) is 3.47. The van der Waals surface area contributed by atoms with Crippen molar-refractivity contribution >= 4 is 11.6 Å². The number of hydrazine groups is 1. The van der Waals surface area contributed by atoms with E-state index in [1.165, 1.54) is 0 Å². The summed E-state index contributed by atoms with van der Waals surface area (Å²) in [5.41, 5.74) is 6.39. The van der Waals surface area contributed by atoms with E-state index < -0.39 is 0 Å². The van der Waals surface area contributed by atoms with E-state index in [1.807, 2.05) is 13.8 Å². The molecule has 0 aliphatic carbocycles. The molecule has 21 heavy (non-hydrogen) atoms. The normalized spacial score (nSPS) is 12.2. The van der Waals surface area contributed by atoms with Crippen molar-refractivity contribution in [2.75, 3.05) is 7.11 Å². The second kappa shape index (κ2) is 6.85. The van der Waals surface area contributed by atoms with Crippen molar-refractivity contribution in [2.45, 2.75) is 26.3 Å². The molecule has 0 amide bonds. The number of hydrogen-bond donors (Lipinski definition) is 2. The lowest BCUT2D eigenvalue weighted by molar-refractivity contribution is 0.406. The topological polar surface area (TPSA) is 73.1 Å². The number of aromatic nitrogens is 2. The molecular formula is C15H19ClN4O. The van der Waals surface area contributed by atoms with Gasteiger partial charge < -0.3 is 4.74 Å². The highest BCUT2D eigenvalue weighted by Gasteiger charge is 2.19. The number of pyridine rings is 2. The molecule has 0 saturated heterocycles. The molecule has 2 aromatic rings. The van der Waals surface area contributed by atoms with Crippen molar-refractivity contribution < 1.29 is 4.74 Å². The van der Waals surface area contributed by atoms with E-state index in [1.54, 1.807) is 31.6 Å². The second-order valence-electron chi connectivity index (χ2n) is 4.84. The fourth-order valence-electron chi connectivity index (χ4n) is 2.36. The molecule has 5 nitrogen and oxygen atoms in total. The Hall–Kier alpha value is -1.69. The van der Waals surface area contributed by atoms with E-state index in [9.17, 15) is 0 Å². The maximum Gasteiger partial charge on any atom is 0.128 e. The van der Waals surface area contributed by atoms with Crippen LogP contribution < -0.4 is 16.0 Å². The lowest BCUT2D eigenvalue weighted by Crippen LogP contribution is -2.31. The first-order chi connectivity index (χ1) is 10.1. The number of rotatable bonds is 5. The van der Waals surface area contributed by atoms with Crippen LogP contribution in [0.4, 0.5) is 0 Å². The highest BCUT2D eigenvalue weighted by molar-refractivity contribution is 6.31. The minimum absolute atomic E-state index is 0.211. The molecule has 0 aromatic carbocycles. The molecule has 2 rings (SSSR count). The molecule has 0 aliphatic heterocycles. The molecule has 2 heterocycles. The van der Waals surface area contributed by atoms with Crippen molar-refractivity contribution in [1.82, 2.24) is 15.4 Å². The predicted molar refractivity (Wildman–Crippen MR) is 83.3 cm³/mol. The summed E-state index contributed by atoms with van der Waals surface area (Å²) in [5, 5.41) is 0.581. The third kappa shape index (κ3) is 3.32. The first-order valence-corrected chi connectivity index (χ1v) is 7.01. The van der Waals surface area contributed by atoms with Crippen LogP contribution in [0.15, 0.2) is 24.5 Å². The highest BCUT2D eigenvalue weighted by atomic mass is 35.5. The average molecular weight is 307 g/mol. The molecule has 0 saturated carbocycles. The lowest BCUT2D eigenvalue weighted by Gasteiger charge is -2.18. The number of hydrogen-bond acceptors (Lipinski definition) is 5. The summed E-state index contributed by atoms with van der Waals surface area (Å²) in [6.45, 7) is 3.96. The van der Waals surface area contributed by atoms with Gasteiger partial charge in [0.15, 0.2) is 0 Å². The summed E-state index contributed by atoms with van der Waals surface area (Å²) >= 11 is 6.18. The highest BCUT2D eigenvalue weighted by Crippen LogP contribution is 2.28. The van der Waals surface area contributed by atoms with Crippen LogP contribution in [0.1, 0.15) is 28.6 Å². The maximum absolute atomic E-state index is 6.18. The standard InChI is InChI=1S/C15H19ClN4O/c1-9-8-19-12(10(2)15(9)21-3)7-13(20-17)14-11(16)5-4-6-18-14/h4-6,8,13,20H,7,17H2,1-3H3. The first kappa shape index (κ1) is 15.7. The van der Waals surface area contributed by atoms with E-state index in [2.05, 4.69) is 15.4 Å². The molecular weight excluding hydrogens is 288 g/mol. The fraction of sp³-hybridized carbons (Fsp3) is 0.333. The van der Waals surface area contributed by atoms with Crippen molar-refractivity contribution in [3.63, 3.8) is 0 Å². The molecule has 0 fully saturated rings. The van der Waals surface area contributed by atoms with Crippen LogP contribution in [0.3, 0.4) is 0 Å². The van der Waals surface area contributed by atoms with Gasteiger partial charge in [-0.2, -0.15) is 0 Å². The number of aryl methyl sites for hydroxylation is 1. The van der Waals surface area contributed by atoms with Gasteiger partial charge in [-0.25, -0.2) is 0 Å². The Kier molecular flexibility index (Phi) is 5.12. The molecule has 1 atom stereocenters. The molecule has 0 bridgehead atoms. The van der Waals surface area contributed by atoms with Gasteiger partial charge >= 0.3 is 0 Å². The number of halogens is 1. The van der Waals surface area contributed by atoms with Gasteiger partial charge in [0.05, 0.1) is 23.9 Å². The summed E-state index contributed by atoms with van der Waals surface area (Å²) in [5.74, 6) is 6.51. The lowest BCUT2D eigenvalue weighted by atomic mass is 10.0. The quantitative estimate of drug-likeness (QED) is 0.656. The minimum atomic E-state index is -0.211. The number of nitrogens with two attached hydrogens (primary N) is 1. The Labute approximate surface area is 129 Å². The van der Waals surface area contributed by atoms with E-state index in [0.29, 0.717) is 17.1 Å². The van der Waals surface area contributed by atoms with Crippen molar-refractivity contribution in [2.24, 2.45) is 5.84 Å². The van der Waals surface area contributed by atoms with Gasteiger partial charge in [0, 0.05) is 35.6 Å². The van der Waals surface area contributed by atoms with Crippen LogP contribution in [0.25, 0.3) is 0 Å². The number of ether oxygens (including phenoxy) is 1. The third-order valence-corrected chi connectivity index (χ3v) is 3.79. The molecule has 0 radical (unpaired) electrons. The molecule has 0 aliphatic rings. The molecule has 6 heteroatoms. The largest absolute Gasteiger partial charge is 0.496 e. The average Bonchev–Trinajstić information content (AvgIpc) is 2.48. The summed E-state index contributed by atoms with van der Waals surface area (Å²) < 4.78 is 5.43. The van der Waals surface area contributed by atoms with E-state index in [4.69, 9.17) is 22.2 Å². The Balaban J connectivity index is 2.34. The Morgan fingerprint density at radius 1 is 1.38 bits per heavy atom. The maximum atomic E-state index is 6.18.